The van der Waals surface area contributed by atoms with Crippen LogP contribution in [0.25, 0.3) is 0 Å². The summed E-state index contributed by atoms with van der Waals surface area (Å²) in [5, 5.41) is 17.5. The number of rotatable bonds is 3. The Labute approximate surface area is 83.9 Å². The summed E-state index contributed by atoms with van der Waals surface area (Å²) in [5.41, 5.74) is 0. The number of β-amino-alcohol motifs (C(OH)–C–C–N with tert-alkyl or cyclic N) is 1. The van der Waals surface area contributed by atoms with Crippen molar-refractivity contribution in [2.24, 2.45) is 0 Å². The molecular weight excluding hydrogens is 184 g/mol. The Bertz CT molecular complexity index is 198. The van der Waals surface area contributed by atoms with Gasteiger partial charge in [-0.05, 0) is 6.92 Å². The van der Waals surface area contributed by atoms with Gasteiger partial charge in [-0.1, -0.05) is 0 Å². The molecule has 0 spiro atoms. The zero-order valence-corrected chi connectivity index (χ0v) is 8.52. The van der Waals surface area contributed by atoms with E-state index in [9.17, 15) is 4.79 Å². The molecule has 1 aliphatic rings. The van der Waals surface area contributed by atoms with Crippen molar-refractivity contribution in [2.75, 3.05) is 39.4 Å². The summed E-state index contributed by atoms with van der Waals surface area (Å²) in [5.74, 6) is -0.208. The van der Waals surface area contributed by atoms with E-state index in [-0.39, 0.29) is 18.6 Å². The van der Waals surface area contributed by atoms with Crippen LogP contribution in [0.4, 0.5) is 0 Å². The van der Waals surface area contributed by atoms with Gasteiger partial charge in [0, 0.05) is 32.2 Å². The van der Waals surface area contributed by atoms with Crippen LogP contribution in [0.5, 0.6) is 0 Å². The number of piperazine rings is 1. The van der Waals surface area contributed by atoms with Gasteiger partial charge in [0.25, 0.3) is 0 Å². The van der Waals surface area contributed by atoms with Crippen molar-refractivity contribution in [3.8, 4) is 0 Å². The molecule has 1 unspecified atom stereocenters. The van der Waals surface area contributed by atoms with Crippen molar-refractivity contribution in [3.63, 3.8) is 0 Å². The summed E-state index contributed by atoms with van der Waals surface area (Å²) in [7, 11) is 0. The lowest BCUT2D eigenvalue weighted by Gasteiger charge is -2.39. The van der Waals surface area contributed by atoms with Crippen molar-refractivity contribution in [2.45, 2.75) is 13.0 Å². The highest BCUT2D eigenvalue weighted by molar-refractivity contribution is 5.77. The fourth-order valence-electron chi connectivity index (χ4n) is 1.78. The maximum atomic E-state index is 11.2. The first-order valence-corrected chi connectivity index (χ1v) is 4.92. The molecule has 1 heterocycles. The van der Waals surface area contributed by atoms with E-state index in [0.717, 1.165) is 6.54 Å². The largest absolute Gasteiger partial charge is 0.395 e. The average Bonchev–Trinajstić information content (AvgIpc) is 2.20. The Morgan fingerprint density at radius 2 is 2.14 bits per heavy atom. The fraction of sp³-hybridized carbons (Fsp3) is 0.889. The van der Waals surface area contributed by atoms with Gasteiger partial charge in [0.15, 0.2) is 0 Å². The highest BCUT2D eigenvalue weighted by Crippen LogP contribution is 2.08. The third-order valence-corrected chi connectivity index (χ3v) is 2.64. The predicted molar refractivity (Wildman–Crippen MR) is 51.8 cm³/mol. The van der Waals surface area contributed by atoms with E-state index in [4.69, 9.17) is 10.2 Å². The molecule has 1 amide bonds. The standard InChI is InChI=1S/C9H18N2O3/c1-8-6-11(9(14)7-13)3-2-10(8)4-5-12/h8,12-13H,2-7H2,1H3. The highest BCUT2D eigenvalue weighted by Gasteiger charge is 2.25. The van der Waals surface area contributed by atoms with Crippen LogP contribution in [0.2, 0.25) is 0 Å². The summed E-state index contributed by atoms with van der Waals surface area (Å²) in [6.07, 6.45) is 0. The lowest BCUT2D eigenvalue weighted by atomic mass is 10.2. The zero-order valence-electron chi connectivity index (χ0n) is 8.52. The maximum absolute atomic E-state index is 11.2. The van der Waals surface area contributed by atoms with Gasteiger partial charge in [-0.25, -0.2) is 0 Å². The third-order valence-electron chi connectivity index (χ3n) is 2.64. The van der Waals surface area contributed by atoms with Crippen molar-refractivity contribution < 1.29 is 15.0 Å². The molecule has 0 saturated carbocycles. The van der Waals surface area contributed by atoms with Gasteiger partial charge in [0.2, 0.25) is 5.91 Å². The summed E-state index contributed by atoms with van der Waals surface area (Å²) in [6.45, 7) is 4.47. The topological polar surface area (TPSA) is 64.0 Å². The molecule has 0 radical (unpaired) electrons. The first-order chi connectivity index (χ1) is 6.69. The first kappa shape index (κ1) is 11.4. The van der Waals surface area contributed by atoms with Gasteiger partial charge in [-0.3, -0.25) is 9.69 Å². The maximum Gasteiger partial charge on any atom is 0.248 e. The molecule has 5 heteroatoms. The normalized spacial score (nSPS) is 23.9. The third kappa shape index (κ3) is 2.67. The second-order valence-electron chi connectivity index (χ2n) is 3.61. The van der Waals surface area contributed by atoms with Gasteiger partial charge < -0.3 is 15.1 Å². The average molecular weight is 202 g/mol. The quantitative estimate of drug-likeness (QED) is 0.585. The fourth-order valence-corrected chi connectivity index (χ4v) is 1.78. The van der Waals surface area contributed by atoms with Crippen LogP contribution >= 0.6 is 0 Å². The molecule has 2 N–H and O–H groups in total. The van der Waals surface area contributed by atoms with Crippen molar-refractivity contribution in [1.29, 1.82) is 0 Å². The SMILES string of the molecule is CC1CN(C(=O)CO)CCN1CCO. The van der Waals surface area contributed by atoms with E-state index >= 15 is 0 Å². The van der Waals surface area contributed by atoms with Gasteiger partial charge in [0.1, 0.15) is 6.61 Å². The Hall–Kier alpha value is -0.650. The van der Waals surface area contributed by atoms with E-state index < -0.39 is 6.61 Å². The van der Waals surface area contributed by atoms with Crippen LogP contribution in [0, 0.1) is 0 Å². The van der Waals surface area contributed by atoms with E-state index in [1.54, 1.807) is 4.90 Å². The number of carbonyl (C=O) groups excluding carboxylic acids is 1. The van der Waals surface area contributed by atoms with Crippen molar-refractivity contribution in [3.05, 3.63) is 0 Å². The molecule has 1 saturated heterocycles. The number of hydrogen-bond donors (Lipinski definition) is 2. The summed E-state index contributed by atoms with van der Waals surface area (Å²) < 4.78 is 0. The molecule has 0 aromatic carbocycles. The molecule has 0 aliphatic carbocycles. The van der Waals surface area contributed by atoms with Crippen LogP contribution in [-0.4, -0.2) is 71.4 Å². The Balaban J connectivity index is 2.42. The summed E-state index contributed by atoms with van der Waals surface area (Å²) in [4.78, 5) is 15.0. The molecule has 1 atom stereocenters. The van der Waals surface area contributed by atoms with E-state index in [2.05, 4.69) is 4.90 Å². The molecule has 0 aromatic heterocycles. The predicted octanol–water partition coefficient (Wildman–Crippen LogP) is -1.50. The molecule has 1 rings (SSSR count). The summed E-state index contributed by atoms with van der Waals surface area (Å²) in [6, 6.07) is 0.256. The smallest absolute Gasteiger partial charge is 0.248 e. The molecule has 5 nitrogen and oxygen atoms in total. The number of aliphatic hydroxyl groups is 2. The Kier molecular flexibility index (Phi) is 4.31. The van der Waals surface area contributed by atoms with Crippen LogP contribution < -0.4 is 0 Å². The van der Waals surface area contributed by atoms with Gasteiger partial charge in [-0.2, -0.15) is 0 Å². The molecule has 1 aliphatic heterocycles. The highest BCUT2D eigenvalue weighted by atomic mass is 16.3. The minimum absolute atomic E-state index is 0.151. The molecular formula is C9H18N2O3. The number of nitrogens with zero attached hydrogens (tertiary/aromatic N) is 2. The minimum atomic E-state index is -0.410. The number of aliphatic hydroxyl groups excluding tert-OH is 2. The van der Waals surface area contributed by atoms with Crippen molar-refractivity contribution >= 4 is 5.91 Å². The molecule has 82 valence electrons. The Morgan fingerprint density at radius 3 is 2.64 bits per heavy atom. The zero-order chi connectivity index (χ0) is 10.6. The summed E-state index contributed by atoms with van der Waals surface area (Å²) >= 11 is 0. The molecule has 1 fully saturated rings. The number of carbonyl (C=O) groups is 1. The minimum Gasteiger partial charge on any atom is -0.395 e. The molecule has 0 aromatic rings. The monoisotopic (exact) mass is 202 g/mol. The Morgan fingerprint density at radius 1 is 1.43 bits per heavy atom. The van der Waals surface area contributed by atoms with Gasteiger partial charge in [-0.15, -0.1) is 0 Å². The van der Waals surface area contributed by atoms with Crippen LogP contribution in [0.15, 0.2) is 0 Å². The molecule has 0 bridgehead atoms. The van der Waals surface area contributed by atoms with E-state index in [1.165, 1.54) is 0 Å². The lowest BCUT2D eigenvalue weighted by molar-refractivity contribution is -0.137. The number of amides is 1. The van der Waals surface area contributed by atoms with E-state index in [1.807, 2.05) is 6.92 Å². The second kappa shape index (κ2) is 5.29. The number of hydrogen-bond acceptors (Lipinski definition) is 4. The van der Waals surface area contributed by atoms with Crippen LogP contribution in [0.1, 0.15) is 6.92 Å². The van der Waals surface area contributed by atoms with E-state index in [0.29, 0.717) is 19.6 Å². The van der Waals surface area contributed by atoms with Crippen LogP contribution in [-0.2, 0) is 4.79 Å². The lowest BCUT2D eigenvalue weighted by Crippen LogP contribution is -2.54. The van der Waals surface area contributed by atoms with Gasteiger partial charge >= 0.3 is 0 Å². The first-order valence-electron chi connectivity index (χ1n) is 4.92. The van der Waals surface area contributed by atoms with Crippen molar-refractivity contribution in [1.82, 2.24) is 9.80 Å². The second-order valence-corrected chi connectivity index (χ2v) is 3.61. The van der Waals surface area contributed by atoms with Crippen LogP contribution in [0.3, 0.4) is 0 Å². The molecule has 14 heavy (non-hydrogen) atoms. The van der Waals surface area contributed by atoms with Gasteiger partial charge in [0.05, 0.1) is 6.61 Å².